The van der Waals surface area contributed by atoms with Crippen LogP contribution < -0.4 is 5.32 Å². The number of rotatable bonds is 7. The Morgan fingerprint density at radius 1 is 1.00 bits per heavy atom. The van der Waals surface area contributed by atoms with E-state index in [9.17, 15) is 19.5 Å². The molecular formula is C20H21NO6. The van der Waals surface area contributed by atoms with Crippen molar-refractivity contribution < 1.29 is 29.0 Å². The van der Waals surface area contributed by atoms with Crippen molar-refractivity contribution in [3.8, 4) is 5.75 Å². The molecule has 7 heteroatoms. The standard InChI is InChI=1S/C20H21NO6/c1-3-11-26-19(24)14-7-9-15(10-8-14)21-17(22)12-27-20(25)16-6-4-5-13(2)18(16)23/h4-10,23H,3,11-12H2,1-2H3,(H,21,22). The Balaban J connectivity index is 1.87. The van der Waals surface area contributed by atoms with Gasteiger partial charge in [-0.25, -0.2) is 9.59 Å². The van der Waals surface area contributed by atoms with Gasteiger partial charge in [0.2, 0.25) is 0 Å². The number of hydrogen-bond acceptors (Lipinski definition) is 6. The number of phenolic OH excluding ortho intramolecular Hbond substituents is 1. The zero-order valence-corrected chi connectivity index (χ0v) is 15.2. The molecule has 0 aliphatic heterocycles. The van der Waals surface area contributed by atoms with Crippen LogP contribution in [0.5, 0.6) is 5.75 Å². The van der Waals surface area contributed by atoms with Gasteiger partial charge in [0.1, 0.15) is 11.3 Å². The number of phenols is 1. The van der Waals surface area contributed by atoms with Gasteiger partial charge in [-0.1, -0.05) is 19.1 Å². The fourth-order valence-corrected chi connectivity index (χ4v) is 2.20. The number of benzene rings is 2. The molecule has 7 nitrogen and oxygen atoms in total. The fraction of sp³-hybridized carbons (Fsp3) is 0.250. The highest BCUT2D eigenvalue weighted by molar-refractivity contribution is 5.97. The van der Waals surface area contributed by atoms with E-state index in [1.54, 1.807) is 31.2 Å². The maximum atomic E-state index is 12.0. The van der Waals surface area contributed by atoms with Crippen molar-refractivity contribution in [1.29, 1.82) is 0 Å². The summed E-state index contributed by atoms with van der Waals surface area (Å²) in [6, 6.07) is 10.8. The molecular weight excluding hydrogens is 350 g/mol. The molecule has 0 bridgehead atoms. The van der Waals surface area contributed by atoms with Gasteiger partial charge in [-0.2, -0.15) is 0 Å². The third kappa shape index (κ3) is 5.57. The van der Waals surface area contributed by atoms with Crippen molar-refractivity contribution in [3.63, 3.8) is 0 Å². The van der Waals surface area contributed by atoms with E-state index in [1.807, 2.05) is 6.92 Å². The molecule has 2 aromatic carbocycles. The van der Waals surface area contributed by atoms with Crippen molar-refractivity contribution in [1.82, 2.24) is 0 Å². The van der Waals surface area contributed by atoms with Crippen LogP contribution in [0.15, 0.2) is 42.5 Å². The molecule has 1 amide bonds. The van der Waals surface area contributed by atoms with E-state index in [2.05, 4.69) is 5.32 Å². The highest BCUT2D eigenvalue weighted by Gasteiger charge is 2.15. The van der Waals surface area contributed by atoms with Gasteiger partial charge in [-0.3, -0.25) is 4.79 Å². The molecule has 0 saturated carbocycles. The second-order valence-corrected chi connectivity index (χ2v) is 5.81. The van der Waals surface area contributed by atoms with Gasteiger partial charge in [-0.15, -0.1) is 0 Å². The third-order valence-electron chi connectivity index (χ3n) is 3.63. The molecule has 0 aliphatic carbocycles. The van der Waals surface area contributed by atoms with Gasteiger partial charge in [-0.05, 0) is 49.2 Å². The van der Waals surface area contributed by atoms with Crippen LogP contribution in [-0.2, 0) is 14.3 Å². The Labute approximate surface area is 156 Å². The topological polar surface area (TPSA) is 102 Å². The number of carbonyl (C=O) groups is 3. The van der Waals surface area contributed by atoms with Crippen molar-refractivity contribution >= 4 is 23.5 Å². The van der Waals surface area contributed by atoms with Crippen LogP contribution in [0.4, 0.5) is 5.69 Å². The number of aryl methyl sites for hydroxylation is 1. The van der Waals surface area contributed by atoms with Crippen LogP contribution in [0.2, 0.25) is 0 Å². The Morgan fingerprint density at radius 2 is 1.70 bits per heavy atom. The molecule has 0 unspecified atom stereocenters. The molecule has 0 atom stereocenters. The number of anilines is 1. The minimum atomic E-state index is -0.791. The molecule has 0 fully saturated rings. The maximum absolute atomic E-state index is 12.0. The molecule has 0 saturated heterocycles. The summed E-state index contributed by atoms with van der Waals surface area (Å²) in [7, 11) is 0. The number of esters is 2. The van der Waals surface area contributed by atoms with Gasteiger partial charge in [0, 0.05) is 5.69 Å². The monoisotopic (exact) mass is 371 g/mol. The third-order valence-corrected chi connectivity index (χ3v) is 3.63. The normalized spacial score (nSPS) is 10.1. The first-order valence-corrected chi connectivity index (χ1v) is 8.45. The molecule has 142 valence electrons. The number of amides is 1. The summed E-state index contributed by atoms with van der Waals surface area (Å²) in [5, 5.41) is 12.4. The van der Waals surface area contributed by atoms with Crippen LogP contribution >= 0.6 is 0 Å². The first-order chi connectivity index (χ1) is 12.9. The zero-order chi connectivity index (χ0) is 19.8. The molecule has 2 N–H and O–H groups in total. The van der Waals surface area contributed by atoms with Gasteiger partial charge in [0.05, 0.1) is 12.2 Å². The highest BCUT2D eigenvalue weighted by Crippen LogP contribution is 2.22. The van der Waals surface area contributed by atoms with Crippen molar-refractivity contribution in [2.24, 2.45) is 0 Å². The molecule has 0 radical (unpaired) electrons. The first-order valence-electron chi connectivity index (χ1n) is 8.45. The Kier molecular flexibility index (Phi) is 6.93. The SMILES string of the molecule is CCCOC(=O)c1ccc(NC(=O)COC(=O)c2cccc(C)c2O)cc1. The summed E-state index contributed by atoms with van der Waals surface area (Å²) in [6.45, 7) is 3.39. The van der Waals surface area contributed by atoms with E-state index in [4.69, 9.17) is 9.47 Å². The largest absolute Gasteiger partial charge is 0.507 e. The predicted octanol–water partition coefficient (Wildman–Crippen LogP) is 3.06. The maximum Gasteiger partial charge on any atom is 0.342 e. The lowest BCUT2D eigenvalue weighted by Gasteiger charge is -2.09. The summed E-state index contributed by atoms with van der Waals surface area (Å²) in [6.07, 6.45) is 0.735. The number of hydrogen-bond donors (Lipinski definition) is 2. The van der Waals surface area contributed by atoms with Crippen LogP contribution in [0, 0.1) is 6.92 Å². The number of ether oxygens (including phenoxy) is 2. The van der Waals surface area contributed by atoms with Gasteiger partial charge >= 0.3 is 11.9 Å². The summed E-state index contributed by atoms with van der Waals surface area (Å²) < 4.78 is 9.94. The summed E-state index contributed by atoms with van der Waals surface area (Å²) in [5.41, 5.74) is 1.36. The Morgan fingerprint density at radius 3 is 2.37 bits per heavy atom. The van der Waals surface area contributed by atoms with Crippen molar-refractivity contribution in [2.75, 3.05) is 18.5 Å². The molecule has 0 heterocycles. The van der Waals surface area contributed by atoms with Crippen molar-refractivity contribution in [2.45, 2.75) is 20.3 Å². The lowest BCUT2D eigenvalue weighted by molar-refractivity contribution is -0.119. The van der Waals surface area contributed by atoms with Crippen LogP contribution in [0.3, 0.4) is 0 Å². The van der Waals surface area contributed by atoms with Crippen LogP contribution in [0.1, 0.15) is 39.6 Å². The summed E-state index contributed by atoms with van der Waals surface area (Å²) >= 11 is 0. The van der Waals surface area contributed by atoms with E-state index < -0.39 is 24.5 Å². The van der Waals surface area contributed by atoms with Crippen LogP contribution in [-0.4, -0.2) is 36.2 Å². The number of carbonyl (C=O) groups excluding carboxylic acids is 3. The highest BCUT2D eigenvalue weighted by atomic mass is 16.5. The van der Waals surface area contributed by atoms with E-state index in [-0.39, 0.29) is 11.3 Å². The summed E-state index contributed by atoms with van der Waals surface area (Å²) in [4.78, 5) is 35.6. The van der Waals surface area contributed by atoms with E-state index in [0.717, 1.165) is 6.42 Å². The van der Waals surface area contributed by atoms with E-state index >= 15 is 0 Å². The zero-order valence-electron chi connectivity index (χ0n) is 15.2. The lowest BCUT2D eigenvalue weighted by Crippen LogP contribution is -2.21. The Hall–Kier alpha value is -3.35. The molecule has 0 aromatic heterocycles. The quantitative estimate of drug-likeness (QED) is 0.725. The van der Waals surface area contributed by atoms with Crippen molar-refractivity contribution in [3.05, 3.63) is 59.2 Å². The number of aromatic hydroxyl groups is 1. The predicted molar refractivity (Wildman–Crippen MR) is 98.8 cm³/mol. The van der Waals surface area contributed by atoms with E-state index in [0.29, 0.717) is 23.4 Å². The Bertz CT molecular complexity index is 829. The van der Waals surface area contributed by atoms with Gasteiger partial charge in [0.15, 0.2) is 6.61 Å². The fourth-order valence-electron chi connectivity index (χ4n) is 2.20. The van der Waals surface area contributed by atoms with Crippen LogP contribution in [0.25, 0.3) is 0 Å². The number of nitrogens with one attached hydrogen (secondary N) is 1. The lowest BCUT2D eigenvalue weighted by atomic mass is 10.1. The average molecular weight is 371 g/mol. The molecule has 27 heavy (non-hydrogen) atoms. The van der Waals surface area contributed by atoms with E-state index in [1.165, 1.54) is 18.2 Å². The summed E-state index contributed by atoms with van der Waals surface area (Å²) in [5.74, 6) is -1.94. The first kappa shape index (κ1) is 20.0. The smallest absolute Gasteiger partial charge is 0.342 e. The molecule has 2 aromatic rings. The molecule has 0 spiro atoms. The van der Waals surface area contributed by atoms with Gasteiger partial charge < -0.3 is 19.9 Å². The molecule has 2 rings (SSSR count). The minimum Gasteiger partial charge on any atom is -0.507 e. The average Bonchev–Trinajstić information content (AvgIpc) is 2.67. The second kappa shape index (κ2) is 9.38. The molecule has 0 aliphatic rings. The minimum absolute atomic E-state index is 0.00209. The van der Waals surface area contributed by atoms with Gasteiger partial charge in [0.25, 0.3) is 5.91 Å². The number of para-hydroxylation sites is 1. The second-order valence-electron chi connectivity index (χ2n) is 5.81.